The number of nitrogens with one attached hydrogen (secondary N) is 1. The molecule has 0 spiro atoms. The van der Waals surface area contributed by atoms with Crippen LogP contribution in [-0.4, -0.2) is 57.4 Å². The molecule has 1 N–H and O–H groups in total. The maximum Gasteiger partial charge on any atom is 0.274 e. The van der Waals surface area contributed by atoms with Crippen molar-refractivity contribution in [3.8, 4) is 11.5 Å². The predicted molar refractivity (Wildman–Crippen MR) is 99.3 cm³/mol. The zero-order chi connectivity index (χ0) is 18.6. The number of hydrogen-bond donors (Lipinski definition) is 0. The van der Waals surface area contributed by atoms with E-state index in [0.29, 0.717) is 25.3 Å². The number of nitrogens with zero attached hydrogens (tertiary/aromatic N) is 2. The molecule has 2 aromatic rings. The number of anilines is 1. The summed E-state index contributed by atoms with van der Waals surface area (Å²) in [6.45, 7) is 4.79. The van der Waals surface area contributed by atoms with E-state index < -0.39 is 0 Å². The highest BCUT2D eigenvalue weighted by Crippen LogP contribution is 2.31. The van der Waals surface area contributed by atoms with Crippen LogP contribution in [0.5, 0.6) is 11.5 Å². The monoisotopic (exact) mass is 370 g/mol. The third kappa shape index (κ3) is 3.98. The fraction of sp³-hybridized carbons (Fsp3) is 0.400. The number of morpholine rings is 1. The SMILES string of the molecule is CN(Cc1ccc2c(c1)OCCO2)C(=O)c1ccc(N2CCOCC2)[nH+]c1. The summed E-state index contributed by atoms with van der Waals surface area (Å²) in [5, 5.41) is 0. The Labute approximate surface area is 158 Å². The molecular weight excluding hydrogens is 346 g/mol. The van der Waals surface area contributed by atoms with E-state index in [0.717, 1.165) is 49.2 Å². The van der Waals surface area contributed by atoms with Crippen LogP contribution < -0.4 is 19.4 Å². The van der Waals surface area contributed by atoms with Crippen LogP contribution in [0.15, 0.2) is 36.5 Å². The highest BCUT2D eigenvalue weighted by molar-refractivity contribution is 5.93. The minimum absolute atomic E-state index is 0.0327. The van der Waals surface area contributed by atoms with Gasteiger partial charge in [0.1, 0.15) is 32.5 Å². The van der Waals surface area contributed by atoms with Crippen molar-refractivity contribution in [2.45, 2.75) is 6.54 Å². The molecular formula is C20H24N3O4+. The van der Waals surface area contributed by atoms with Gasteiger partial charge in [-0.15, -0.1) is 0 Å². The van der Waals surface area contributed by atoms with Crippen molar-refractivity contribution in [1.29, 1.82) is 0 Å². The van der Waals surface area contributed by atoms with Crippen LogP contribution in [0, 0.1) is 0 Å². The number of aromatic nitrogens is 1. The maximum atomic E-state index is 12.7. The van der Waals surface area contributed by atoms with E-state index in [2.05, 4.69) is 9.88 Å². The van der Waals surface area contributed by atoms with E-state index in [1.165, 1.54) is 0 Å². The standard InChI is InChI=1S/C20H23N3O4/c1-22(14-15-2-4-17-18(12-15)27-11-10-26-17)20(24)16-3-5-19(21-13-16)23-6-8-25-9-7-23/h2-5,12-13H,6-11,14H2,1H3/p+1. The summed E-state index contributed by atoms with van der Waals surface area (Å²) in [4.78, 5) is 19.9. The molecule has 1 aromatic heterocycles. The zero-order valence-corrected chi connectivity index (χ0v) is 15.4. The number of H-pyrrole nitrogens is 1. The van der Waals surface area contributed by atoms with Crippen LogP contribution in [-0.2, 0) is 11.3 Å². The van der Waals surface area contributed by atoms with Crippen LogP contribution in [0.2, 0.25) is 0 Å². The maximum absolute atomic E-state index is 12.7. The van der Waals surface area contributed by atoms with Crippen molar-refractivity contribution in [1.82, 2.24) is 4.90 Å². The van der Waals surface area contributed by atoms with E-state index >= 15 is 0 Å². The molecule has 0 radical (unpaired) electrons. The number of aromatic amines is 1. The van der Waals surface area contributed by atoms with Crippen molar-refractivity contribution >= 4 is 11.7 Å². The second kappa shape index (κ2) is 7.84. The van der Waals surface area contributed by atoms with Gasteiger partial charge < -0.3 is 19.1 Å². The van der Waals surface area contributed by atoms with E-state index in [1.807, 2.05) is 30.3 Å². The molecule has 2 aliphatic heterocycles. The fourth-order valence-electron chi connectivity index (χ4n) is 3.30. The molecule has 4 rings (SSSR count). The molecule has 0 saturated carbocycles. The van der Waals surface area contributed by atoms with Crippen LogP contribution in [0.4, 0.5) is 5.82 Å². The van der Waals surface area contributed by atoms with Crippen LogP contribution in [0.3, 0.4) is 0 Å². The molecule has 2 aliphatic rings. The number of amides is 1. The molecule has 7 heteroatoms. The largest absolute Gasteiger partial charge is 0.486 e. The zero-order valence-electron chi connectivity index (χ0n) is 15.4. The average Bonchev–Trinajstić information content (AvgIpc) is 2.74. The van der Waals surface area contributed by atoms with Crippen molar-refractivity contribution in [3.63, 3.8) is 0 Å². The van der Waals surface area contributed by atoms with Gasteiger partial charge >= 0.3 is 0 Å². The highest BCUT2D eigenvalue weighted by Gasteiger charge is 2.21. The van der Waals surface area contributed by atoms with Crippen molar-refractivity contribution in [3.05, 3.63) is 47.7 Å². The van der Waals surface area contributed by atoms with Gasteiger partial charge in [-0.1, -0.05) is 6.07 Å². The number of rotatable bonds is 4. The Morgan fingerprint density at radius 1 is 1.07 bits per heavy atom. The topological polar surface area (TPSA) is 65.4 Å². The first-order valence-corrected chi connectivity index (χ1v) is 9.19. The molecule has 1 amide bonds. The summed E-state index contributed by atoms with van der Waals surface area (Å²) in [6, 6.07) is 9.62. The van der Waals surface area contributed by atoms with E-state index in [-0.39, 0.29) is 5.91 Å². The van der Waals surface area contributed by atoms with Gasteiger partial charge in [0.05, 0.1) is 18.8 Å². The molecule has 7 nitrogen and oxygen atoms in total. The molecule has 0 aliphatic carbocycles. The molecule has 1 aromatic carbocycles. The summed E-state index contributed by atoms with van der Waals surface area (Å²) in [7, 11) is 1.80. The third-order valence-corrected chi connectivity index (χ3v) is 4.77. The first-order chi connectivity index (χ1) is 13.2. The van der Waals surface area contributed by atoms with Crippen molar-refractivity contribution in [2.75, 3.05) is 51.5 Å². The smallest absolute Gasteiger partial charge is 0.274 e. The normalized spacial score (nSPS) is 16.1. The number of fused-ring (bicyclic) bond motifs is 1. The molecule has 27 heavy (non-hydrogen) atoms. The Bertz CT molecular complexity index is 803. The Kier molecular flexibility index (Phi) is 5.11. The first-order valence-electron chi connectivity index (χ1n) is 9.19. The molecule has 1 saturated heterocycles. The van der Waals surface area contributed by atoms with E-state index in [1.54, 1.807) is 18.1 Å². The van der Waals surface area contributed by atoms with Crippen LogP contribution in [0.25, 0.3) is 0 Å². The lowest BCUT2D eigenvalue weighted by Gasteiger charge is -2.22. The minimum Gasteiger partial charge on any atom is -0.486 e. The van der Waals surface area contributed by atoms with Crippen molar-refractivity contribution in [2.24, 2.45) is 0 Å². The van der Waals surface area contributed by atoms with Crippen molar-refractivity contribution < 1.29 is 24.0 Å². The van der Waals surface area contributed by atoms with Crippen LogP contribution >= 0.6 is 0 Å². The van der Waals surface area contributed by atoms with Gasteiger partial charge in [-0.2, -0.15) is 0 Å². The molecule has 142 valence electrons. The van der Waals surface area contributed by atoms with Gasteiger partial charge in [0, 0.05) is 19.7 Å². The molecule has 3 heterocycles. The number of carbonyl (C=O) groups excluding carboxylic acids is 1. The lowest BCUT2D eigenvalue weighted by Crippen LogP contribution is -2.39. The second-order valence-corrected chi connectivity index (χ2v) is 6.70. The molecule has 0 atom stereocenters. The summed E-state index contributed by atoms with van der Waals surface area (Å²) >= 11 is 0. The van der Waals surface area contributed by atoms with Gasteiger partial charge in [-0.25, -0.2) is 4.98 Å². The fourth-order valence-corrected chi connectivity index (χ4v) is 3.30. The summed E-state index contributed by atoms with van der Waals surface area (Å²) in [5.74, 6) is 2.47. The Balaban J connectivity index is 1.41. The summed E-state index contributed by atoms with van der Waals surface area (Å²) in [5.41, 5.74) is 1.64. The summed E-state index contributed by atoms with van der Waals surface area (Å²) in [6.07, 6.45) is 1.77. The van der Waals surface area contributed by atoms with Gasteiger partial charge in [0.2, 0.25) is 0 Å². The Morgan fingerprint density at radius 3 is 2.59 bits per heavy atom. The molecule has 0 unspecified atom stereocenters. The quantitative estimate of drug-likeness (QED) is 0.814. The minimum atomic E-state index is -0.0327. The number of ether oxygens (including phenoxy) is 3. The van der Waals surface area contributed by atoms with Gasteiger partial charge in [-0.05, 0) is 23.8 Å². The summed E-state index contributed by atoms with van der Waals surface area (Å²) < 4.78 is 16.5. The molecule has 0 bridgehead atoms. The second-order valence-electron chi connectivity index (χ2n) is 6.70. The Morgan fingerprint density at radius 2 is 1.85 bits per heavy atom. The predicted octanol–water partition coefficient (Wildman–Crippen LogP) is 1.38. The van der Waals surface area contributed by atoms with Gasteiger partial charge in [0.25, 0.3) is 11.7 Å². The van der Waals surface area contributed by atoms with E-state index in [9.17, 15) is 4.79 Å². The number of pyridine rings is 1. The number of hydrogen-bond acceptors (Lipinski definition) is 5. The first kappa shape index (κ1) is 17.6. The third-order valence-electron chi connectivity index (χ3n) is 4.77. The van der Waals surface area contributed by atoms with Gasteiger partial charge in [-0.3, -0.25) is 9.69 Å². The number of benzene rings is 1. The number of carbonyl (C=O) groups is 1. The van der Waals surface area contributed by atoms with Crippen LogP contribution in [0.1, 0.15) is 15.9 Å². The highest BCUT2D eigenvalue weighted by atomic mass is 16.6. The van der Waals surface area contributed by atoms with E-state index in [4.69, 9.17) is 14.2 Å². The average molecular weight is 370 g/mol. The van der Waals surface area contributed by atoms with Gasteiger partial charge in [0.15, 0.2) is 11.5 Å². The lowest BCUT2D eigenvalue weighted by atomic mass is 10.1. The lowest BCUT2D eigenvalue weighted by molar-refractivity contribution is -0.364. The Hall–Kier alpha value is -2.80. The molecule has 1 fully saturated rings.